The van der Waals surface area contributed by atoms with E-state index in [-0.39, 0.29) is 6.61 Å². The molecule has 17 heavy (non-hydrogen) atoms. The fourth-order valence-corrected chi connectivity index (χ4v) is 1.97. The molecular formula is C11H10N4OS. The predicted octanol–water partition coefficient (Wildman–Crippen LogP) is 1.95. The predicted molar refractivity (Wildman–Crippen MR) is 65.0 cm³/mol. The van der Waals surface area contributed by atoms with Crippen molar-refractivity contribution in [3.8, 4) is 6.07 Å². The van der Waals surface area contributed by atoms with Crippen molar-refractivity contribution in [1.82, 2.24) is 9.97 Å². The Morgan fingerprint density at radius 1 is 1.53 bits per heavy atom. The zero-order chi connectivity index (χ0) is 12.3. The van der Waals surface area contributed by atoms with Crippen LogP contribution in [0.1, 0.15) is 16.0 Å². The van der Waals surface area contributed by atoms with E-state index < -0.39 is 0 Å². The quantitative estimate of drug-likeness (QED) is 0.865. The molecular weight excluding hydrogens is 236 g/mol. The zero-order valence-corrected chi connectivity index (χ0v) is 9.95. The maximum atomic E-state index is 9.14. The average molecular weight is 246 g/mol. The summed E-state index contributed by atoms with van der Waals surface area (Å²) in [6, 6.07) is 3.79. The number of nitrogens with zero attached hydrogens (tertiary/aromatic N) is 3. The van der Waals surface area contributed by atoms with Crippen LogP contribution in [0.5, 0.6) is 0 Å². The van der Waals surface area contributed by atoms with Gasteiger partial charge in [0.15, 0.2) is 5.13 Å². The standard InChI is InChI=1S/C11H10N4OS/c1-7-8(6-16)2-3-13-10(7)15-11-14-5-9(4-12)17-11/h2-3,5,16H,6H2,1H3,(H,13,14,15). The third kappa shape index (κ3) is 2.41. The minimum atomic E-state index is -0.0235. The molecule has 0 fully saturated rings. The average Bonchev–Trinajstić information content (AvgIpc) is 2.79. The van der Waals surface area contributed by atoms with Crippen molar-refractivity contribution >= 4 is 22.3 Å². The lowest BCUT2D eigenvalue weighted by molar-refractivity contribution is 0.281. The van der Waals surface area contributed by atoms with E-state index in [0.29, 0.717) is 15.8 Å². The third-order valence-corrected chi connectivity index (χ3v) is 3.15. The van der Waals surface area contributed by atoms with E-state index >= 15 is 0 Å². The molecule has 2 aromatic rings. The topological polar surface area (TPSA) is 81.8 Å². The summed E-state index contributed by atoms with van der Waals surface area (Å²) < 4.78 is 0. The number of anilines is 2. The van der Waals surface area contributed by atoms with Crippen LogP contribution < -0.4 is 5.32 Å². The van der Waals surface area contributed by atoms with Gasteiger partial charge in [0.2, 0.25) is 0 Å². The number of nitrogens with one attached hydrogen (secondary N) is 1. The first-order valence-electron chi connectivity index (χ1n) is 4.93. The Morgan fingerprint density at radius 2 is 2.35 bits per heavy atom. The van der Waals surface area contributed by atoms with E-state index in [1.165, 1.54) is 17.5 Å². The van der Waals surface area contributed by atoms with Crippen LogP contribution in [0.25, 0.3) is 0 Å². The maximum Gasteiger partial charge on any atom is 0.189 e. The lowest BCUT2D eigenvalue weighted by Gasteiger charge is -2.08. The molecule has 2 aromatic heterocycles. The Labute approximate surface area is 102 Å². The second-order valence-corrected chi connectivity index (χ2v) is 4.40. The Morgan fingerprint density at radius 3 is 3.00 bits per heavy atom. The van der Waals surface area contributed by atoms with Crippen LogP contribution >= 0.6 is 11.3 Å². The maximum absolute atomic E-state index is 9.14. The van der Waals surface area contributed by atoms with Crippen LogP contribution in [0.2, 0.25) is 0 Å². The van der Waals surface area contributed by atoms with Crippen LogP contribution in [-0.4, -0.2) is 15.1 Å². The molecule has 2 heterocycles. The Hall–Kier alpha value is -1.97. The first-order chi connectivity index (χ1) is 8.24. The van der Waals surface area contributed by atoms with Crippen molar-refractivity contribution in [1.29, 1.82) is 5.26 Å². The van der Waals surface area contributed by atoms with E-state index in [9.17, 15) is 0 Å². The van der Waals surface area contributed by atoms with E-state index in [0.717, 1.165) is 11.1 Å². The molecule has 2 N–H and O–H groups in total. The van der Waals surface area contributed by atoms with Gasteiger partial charge >= 0.3 is 0 Å². The van der Waals surface area contributed by atoms with Crippen LogP contribution in [0, 0.1) is 18.3 Å². The highest BCUT2D eigenvalue weighted by Crippen LogP contribution is 2.24. The summed E-state index contributed by atoms with van der Waals surface area (Å²) in [5.74, 6) is 0.649. The van der Waals surface area contributed by atoms with Crippen molar-refractivity contribution in [2.24, 2.45) is 0 Å². The SMILES string of the molecule is Cc1c(CO)ccnc1Nc1ncc(C#N)s1. The summed E-state index contributed by atoms with van der Waals surface area (Å²) in [4.78, 5) is 8.78. The molecule has 86 valence electrons. The number of aliphatic hydroxyl groups excluding tert-OH is 1. The van der Waals surface area contributed by atoms with Crippen molar-refractivity contribution < 1.29 is 5.11 Å². The fourth-order valence-electron chi connectivity index (χ4n) is 1.36. The van der Waals surface area contributed by atoms with Gasteiger partial charge in [-0.3, -0.25) is 0 Å². The van der Waals surface area contributed by atoms with Crippen molar-refractivity contribution in [3.63, 3.8) is 0 Å². The molecule has 0 unspecified atom stereocenters. The van der Waals surface area contributed by atoms with Gasteiger partial charge in [0.25, 0.3) is 0 Å². The number of rotatable bonds is 3. The minimum absolute atomic E-state index is 0.0235. The lowest BCUT2D eigenvalue weighted by Crippen LogP contribution is -1.99. The zero-order valence-electron chi connectivity index (χ0n) is 9.14. The smallest absolute Gasteiger partial charge is 0.189 e. The van der Waals surface area contributed by atoms with Gasteiger partial charge in [-0.15, -0.1) is 0 Å². The highest BCUT2D eigenvalue weighted by molar-refractivity contribution is 7.16. The summed E-state index contributed by atoms with van der Waals surface area (Å²) in [7, 11) is 0. The van der Waals surface area contributed by atoms with Crippen LogP contribution in [0.4, 0.5) is 10.9 Å². The Kier molecular flexibility index (Phi) is 3.32. The van der Waals surface area contributed by atoms with Crippen LogP contribution in [0.15, 0.2) is 18.5 Å². The van der Waals surface area contributed by atoms with E-state index in [4.69, 9.17) is 10.4 Å². The monoisotopic (exact) mass is 246 g/mol. The highest BCUT2D eigenvalue weighted by atomic mass is 32.1. The molecule has 0 radical (unpaired) electrons. The summed E-state index contributed by atoms with van der Waals surface area (Å²) in [5, 5.41) is 21.5. The molecule has 0 aliphatic rings. The van der Waals surface area contributed by atoms with Crippen LogP contribution in [-0.2, 0) is 6.61 Å². The highest BCUT2D eigenvalue weighted by Gasteiger charge is 2.07. The third-order valence-electron chi connectivity index (χ3n) is 2.33. The van der Waals surface area contributed by atoms with Gasteiger partial charge in [0, 0.05) is 6.20 Å². The molecule has 0 bridgehead atoms. The molecule has 0 aliphatic heterocycles. The largest absolute Gasteiger partial charge is 0.392 e. The van der Waals surface area contributed by atoms with Gasteiger partial charge < -0.3 is 10.4 Å². The lowest BCUT2D eigenvalue weighted by atomic mass is 10.1. The first kappa shape index (κ1) is 11.5. The fraction of sp³-hybridized carbons (Fsp3) is 0.182. The van der Waals surface area contributed by atoms with Gasteiger partial charge in [-0.2, -0.15) is 5.26 Å². The molecule has 2 rings (SSSR count). The van der Waals surface area contributed by atoms with E-state index in [2.05, 4.69) is 15.3 Å². The van der Waals surface area contributed by atoms with E-state index in [1.807, 2.05) is 13.0 Å². The van der Waals surface area contributed by atoms with Crippen LogP contribution in [0.3, 0.4) is 0 Å². The second kappa shape index (κ2) is 4.91. The van der Waals surface area contributed by atoms with Crippen molar-refractivity contribution in [2.75, 3.05) is 5.32 Å². The molecule has 0 aromatic carbocycles. The second-order valence-electron chi connectivity index (χ2n) is 3.37. The van der Waals surface area contributed by atoms with Gasteiger partial charge in [0.1, 0.15) is 16.8 Å². The molecule has 0 saturated carbocycles. The Balaban J connectivity index is 2.27. The Bertz CT molecular complexity index is 573. The number of aromatic nitrogens is 2. The van der Waals surface area contributed by atoms with Gasteiger partial charge in [0.05, 0.1) is 12.8 Å². The van der Waals surface area contributed by atoms with Gasteiger partial charge in [-0.1, -0.05) is 11.3 Å². The molecule has 5 nitrogen and oxygen atoms in total. The molecule has 0 spiro atoms. The minimum Gasteiger partial charge on any atom is -0.392 e. The summed E-state index contributed by atoms with van der Waals surface area (Å²) in [5.41, 5.74) is 1.70. The summed E-state index contributed by atoms with van der Waals surface area (Å²) in [6.45, 7) is 1.85. The van der Waals surface area contributed by atoms with E-state index in [1.54, 1.807) is 12.3 Å². The number of nitriles is 1. The summed E-state index contributed by atoms with van der Waals surface area (Å²) >= 11 is 1.26. The summed E-state index contributed by atoms with van der Waals surface area (Å²) in [6.07, 6.45) is 3.14. The number of hydrogen-bond acceptors (Lipinski definition) is 6. The molecule has 0 saturated heterocycles. The molecule has 0 atom stereocenters. The molecule has 0 aliphatic carbocycles. The molecule has 6 heteroatoms. The van der Waals surface area contributed by atoms with Gasteiger partial charge in [-0.25, -0.2) is 9.97 Å². The van der Waals surface area contributed by atoms with Gasteiger partial charge in [-0.05, 0) is 24.1 Å². The number of thiazole rings is 1. The molecule has 0 amide bonds. The first-order valence-corrected chi connectivity index (χ1v) is 5.74. The van der Waals surface area contributed by atoms with Crippen molar-refractivity contribution in [3.05, 3.63) is 34.5 Å². The number of aliphatic hydroxyl groups is 1. The number of hydrogen-bond donors (Lipinski definition) is 2. The van der Waals surface area contributed by atoms with Crippen molar-refractivity contribution in [2.45, 2.75) is 13.5 Å². The normalized spacial score (nSPS) is 9.94. The number of pyridine rings is 1.